The smallest absolute Gasteiger partial charge is 0.268 e. The third kappa shape index (κ3) is 4.82. The molecule has 1 amide bonds. The maximum Gasteiger partial charge on any atom is 0.268 e. The molecule has 3 aromatic carbocycles. The van der Waals surface area contributed by atoms with Gasteiger partial charge in [-0.15, -0.1) is 0 Å². The van der Waals surface area contributed by atoms with Gasteiger partial charge in [-0.2, -0.15) is 0 Å². The van der Waals surface area contributed by atoms with Crippen LogP contribution in [0.25, 0.3) is 11.3 Å². The van der Waals surface area contributed by atoms with Crippen molar-refractivity contribution in [3.8, 4) is 11.3 Å². The fraction of sp³-hybridized carbons (Fsp3) is 0.115. The number of aryl methyl sites for hydroxylation is 1. The van der Waals surface area contributed by atoms with E-state index in [0.717, 1.165) is 22.9 Å². The number of carbonyl (C=O) groups is 1. The molecular weight excluding hydrogens is 516 g/mol. The lowest BCUT2D eigenvalue weighted by Crippen LogP contribution is -2.34. The second-order valence-corrected chi connectivity index (χ2v) is 11.4. The van der Waals surface area contributed by atoms with Gasteiger partial charge in [0.25, 0.3) is 10.0 Å². The molecule has 0 radical (unpaired) electrons. The van der Waals surface area contributed by atoms with E-state index in [2.05, 4.69) is 15.3 Å². The summed E-state index contributed by atoms with van der Waals surface area (Å²) in [7, 11) is -3.90. The third-order valence-electron chi connectivity index (χ3n) is 5.74. The number of hydrogen-bond donors (Lipinski definition) is 1. The van der Waals surface area contributed by atoms with Crippen LogP contribution in [0.2, 0.25) is 5.02 Å². The molecule has 1 aromatic heterocycles. The summed E-state index contributed by atoms with van der Waals surface area (Å²) in [5.74, 6) is -0.194. The van der Waals surface area contributed by atoms with E-state index in [0.29, 0.717) is 32.8 Å². The summed E-state index contributed by atoms with van der Waals surface area (Å²) in [5.41, 5.74) is 4.10. The summed E-state index contributed by atoms with van der Waals surface area (Å²) < 4.78 is 28.7. The molecule has 0 atom stereocenters. The summed E-state index contributed by atoms with van der Waals surface area (Å²) in [6.07, 6.45) is 1.33. The Kier molecular flexibility index (Phi) is 6.70. The number of hydrogen-bond acceptors (Lipinski definition) is 6. The van der Waals surface area contributed by atoms with Crippen LogP contribution in [0.4, 0.5) is 11.4 Å². The zero-order chi connectivity index (χ0) is 25.3. The average Bonchev–Trinajstić information content (AvgIpc) is 2.86. The summed E-state index contributed by atoms with van der Waals surface area (Å²) in [4.78, 5) is 21.2. The number of carbonyl (C=O) groups excluding carboxylic acids is 1. The average molecular weight is 537 g/mol. The highest BCUT2D eigenvalue weighted by atomic mass is 35.5. The highest BCUT2D eigenvalue weighted by molar-refractivity contribution is 7.99. The second-order valence-electron chi connectivity index (χ2n) is 8.17. The van der Waals surface area contributed by atoms with E-state index in [1.807, 2.05) is 43.3 Å². The highest BCUT2D eigenvalue weighted by Crippen LogP contribution is 2.43. The summed E-state index contributed by atoms with van der Waals surface area (Å²) >= 11 is 7.10. The Morgan fingerprint density at radius 2 is 1.83 bits per heavy atom. The van der Waals surface area contributed by atoms with Crippen LogP contribution < -0.4 is 9.62 Å². The summed E-state index contributed by atoms with van der Waals surface area (Å²) in [6.45, 7) is 2.16. The number of amides is 1. The van der Waals surface area contributed by atoms with Gasteiger partial charge in [-0.25, -0.2) is 18.4 Å². The number of benzene rings is 3. The third-order valence-corrected chi connectivity index (χ3v) is 8.60. The van der Waals surface area contributed by atoms with Crippen molar-refractivity contribution in [2.24, 2.45) is 0 Å². The molecule has 1 aliphatic rings. The number of fused-ring (bicyclic) bond motifs is 3. The Balaban J connectivity index is 1.42. The monoisotopic (exact) mass is 536 g/mol. The van der Waals surface area contributed by atoms with Crippen molar-refractivity contribution >= 4 is 50.7 Å². The predicted octanol–water partition coefficient (Wildman–Crippen LogP) is 5.55. The van der Waals surface area contributed by atoms with Crippen molar-refractivity contribution in [3.05, 3.63) is 95.1 Å². The second kappa shape index (κ2) is 9.93. The first kappa shape index (κ1) is 24.3. The molecule has 2 heterocycles. The Morgan fingerprint density at radius 3 is 2.64 bits per heavy atom. The topological polar surface area (TPSA) is 92.3 Å². The Labute approximate surface area is 218 Å². The molecule has 10 heteroatoms. The highest BCUT2D eigenvalue weighted by Gasteiger charge is 2.36. The zero-order valence-electron chi connectivity index (χ0n) is 19.2. The minimum atomic E-state index is -3.90. The number of aromatic nitrogens is 2. The zero-order valence-corrected chi connectivity index (χ0v) is 21.6. The van der Waals surface area contributed by atoms with Gasteiger partial charge < -0.3 is 5.32 Å². The van der Waals surface area contributed by atoms with Crippen molar-refractivity contribution in [1.82, 2.24) is 9.97 Å². The first-order valence-corrected chi connectivity index (χ1v) is 13.9. The Morgan fingerprint density at radius 1 is 1.06 bits per heavy atom. The standard InChI is InChI=1S/C26H21ClN4O3S2/c1-17-7-2-3-8-18(17)15-31-22-12-5-4-11-21(22)25-23(36(31,33)34)14-28-26(30-25)35-16-24(32)29-20-10-6-9-19(27)13-20/h2-14H,15-16H2,1H3,(H,29,32). The van der Waals surface area contributed by atoms with Gasteiger partial charge in [0.15, 0.2) is 5.16 Å². The molecule has 0 saturated heterocycles. The Bertz CT molecular complexity index is 1580. The molecule has 0 bridgehead atoms. The van der Waals surface area contributed by atoms with Gasteiger partial charge in [0, 0.05) is 16.3 Å². The van der Waals surface area contributed by atoms with E-state index < -0.39 is 10.0 Å². The van der Waals surface area contributed by atoms with E-state index >= 15 is 0 Å². The molecule has 5 rings (SSSR count). The van der Waals surface area contributed by atoms with Gasteiger partial charge in [-0.1, -0.05) is 71.9 Å². The maximum absolute atomic E-state index is 13.7. The summed E-state index contributed by atoms with van der Waals surface area (Å²) in [5, 5.41) is 3.61. The number of nitrogens with one attached hydrogen (secondary N) is 1. The van der Waals surface area contributed by atoms with Crippen LogP contribution in [-0.2, 0) is 21.4 Å². The number of thioether (sulfide) groups is 1. The van der Waals surface area contributed by atoms with Crippen LogP contribution in [0, 0.1) is 6.92 Å². The SMILES string of the molecule is Cc1ccccc1CN1c2ccccc2-c2nc(SCC(=O)Nc3cccc(Cl)c3)ncc2S1(=O)=O. The minimum Gasteiger partial charge on any atom is -0.325 e. The lowest BCUT2D eigenvalue weighted by atomic mass is 10.1. The van der Waals surface area contributed by atoms with Crippen LogP contribution in [0.3, 0.4) is 0 Å². The first-order chi connectivity index (χ1) is 17.3. The first-order valence-electron chi connectivity index (χ1n) is 11.0. The van der Waals surface area contributed by atoms with Gasteiger partial charge in [-0.3, -0.25) is 9.10 Å². The fourth-order valence-electron chi connectivity index (χ4n) is 3.95. The molecule has 7 nitrogen and oxygen atoms in total. The number of para-hydroxylation sites is 1. The van der Waals surface area contributed by atoms with E-state index in [1.54, 1.807) is 36.4 Å². The number of rotatable bonds is 6. The van der Waals surface area contributed by atoms with E-state index in [4.69, 9.17) is 11.6 Å². The fourth-order valence-corrected chi connectivity index (χ4v) is 6.31. The van der Waals surface area contributed by atoms with Crippen molar-refractivity contribution in [1.29, 1.82) is 0 Å². The van der Waals surface area contributed by atoms with Crippen molar-refractivity contribution < 1.29 is 13.2 Å². The van der Waals surface area contributed by atoms with Crippen LogP contribution in [0.1, 0.15) is 11.1 Å². The van der Waals surface area contributed by atoms with Gasteiger partial charge in [0.1, 0.15) is 4.90 Å². The van der Waals surface area contributed by atoms with Crippen molar-refractivity contribution in [2.75, 3.05) is 15.4 Å². The number of sulfonamides is 1. The van der Waals surface area contributed by atoms with E-state index in [1.165, 1.54) is 10.5 Å². The lowest BCUT2D eigenvalue weighted by Gasteiger charge is -2.31. The largest absolute Gasteiger partial charge is 0.325 e. The Hall–Kier alpha value is -3.40. The number of nitrogens with zero attached hydrogens (tertiary/aromatic N) is 3. The van der Waals surface area contributed by atoms with Gasteiger partial charge in [0.05, 0.1) is 29.9 Å². The molecule has 0 fully saturated rings. The minimum absolute atomic E-state index is 0.0440. The van der Waals surface area contributed by atoms with E-state index in [-0.39, 0.29) is 23.1 Å². The molecule has 0 unspecified atom stereocenters. The quantitative estimate of drug-likeness (QED) is 0.257. The van der Waals surface area contributed by atoms with E-state index in [9.17, 15) is 13.2 Å². The van der Waals surface area contributed by atoms with Gasteiger partial charge >= 0.3 is 0 Å². The van der Waals surface area contributed by atoms with Crippen molar-refractivity contribution in [2.45, 2.75) is 23.5 Å². The molecule has 182 valence electrons. The number of anilines is 2. The normalized spacial score (nSPS) is 13.6. The molecule has 36 heavy (non-hydrogen) atoms. The molecule has 0 spiro atoms. The molecule has 1 aliphatic heterocycles. The molecule has 0 aliphatic carbocycles. The van der Waals surface area contributed by atoms with Crippen LogP contribution in [-0.4, -0.2) is 30.0 Å². The predicted molar refractivity (Wildman–Crippen MR) is 143 cm³/mol. The summed E-state index contributed by atoms with van der Waals surface area (Å²) in [6, 6.07) is 21.9. The van der Waals surface area contributed by atoms with Crippen LogP contribution in [0.5, 0.6) is 0 Å². The van der Waals surface area contributed by atoms with Crippen LogP contribution in [0.15, 0.2) is 89.0 Å². The molecule has 0 saturated carbocycles. The van der Waals surface area contributed by atoms with Crippen molar-refractivity contribution in [3.63, 3.8) is 0 Å². The lowest BCUT2D eigenvalue weighted by molar-refractivity contribution is -0.113. The van der Waals surface area contributed by atoms with Gasteiger partial charge in [0.2, 0.25) is 5.91 Å². The van der Waals surface area contributed by atoms with Gasteiger partial charge in [-0.05, 0) is 42.3 Å². The maximum atomic E-state index is 13.7. The molecule has 4 aromatic rings. The molecular formula is C26H21ClN4O3S2. The molecule has 1 N–H and O–H groups in total. The van der Waals surface area contributed by atoms with Crippen LogP contribution >= 0.6 is 23.4 Å². The number of halogens is 1.